The van der Waals surface area contributed by atoms with E-state index in [4.69, 9.17) is 21.2 Å². The first-order valence-corrected chi connectivity index (χ1v) is 7.45. The van der Waals surface area contributed by atoms with Crippen LogP contribution in [0.15, 0.2) is 24.3 Å². The first kappa shape index (κ1) is 13.0. The Morgan fingerprint density at radius 1 is 1.19 bits per heavy atom. The highest BCUT2D eigenvalue weighted by atomic mass is 35.5. The number of thiophene rings is 1. The molecule has 0 N–H and O–H groups in total. The van der Waals surface area contributed by atoms with Crippen LogP contribution in [0.1, 0.15) is 9.67 Å². The number of rotatable bonds is 2. The van der Waals surface area contributed by atoms with Crippen LogP contribution in [-0.2, 0) is 19.2 Å². The summed E-state index contributed by atoms with van der Waals surface area (Å²) in [5, 5.41) is 0.570. The van der Waals surface area contributed by atoms with Crippen LogP contribution in [-0.4, -0.2) is 35.1 Å². The smallest absolute Gasteiger partial charge is 0.365 e. The molecule has 3 aliphatic heterocycles. The molecule has 4 heterocycles. The number of carbonyl (C=O) groups excluding carboxylic acids is 3. The van der Waals surface area contributed by atoms with E-state index < -0.39 is 41.8 Å². The Bertz CT molecular complexity index is 668. The van der Waals surface area contributed by atoms with Crippen molar-refractivity contribution in [1.29, 1.82) is 0 Å². The van der Waals surface area contributed by atoms with E-state index in [2.05, 4.69) is 0 Å². The van der Waals surface area contributed by atoms with E-state index in [-0.39, 0.29) is 4.88 Å². The topological polar surface area (TPSA) is 72.9 Å². The van der Waals surface area contributed by atoms with E-state index in [1.807, 2.05) is 0 Å². The lowest BCUT2D eigenvalue weighted by Crippen LogP contribution is -2.36. The van der Waals surface area contributed by atoms with Gasteiger partial charge in [-0.1, -0.05) is 23.8 Å². The first-order valence-electron chi connectivity index (χ1n) is 6.25. The van der Waals surface area contributed by atoms with Gasteiger partial charge in [-0.05, 0) is 12.1 Å². The number of hydroxylamine groups is 2. The van der Waals surface area contributed by atoms with Gasteiger partial charge in [0, 0.05) is 0 Å². The molecule has 0 aliphatic carbocycles. The van der Waals surface area contributed by atoms with Crippen LogP contribution in [0.4, 0.5) is 0 Å². The summed E-state index contributed by atoms with van der Waals surface area (Å²) in [6, 6.07) is 3.03. The summed E-state index contributed by atoms with van der Waals surface area (Å²) in [4.78, 5) is 41.6. The zero-order chi connectivity index (χ0) is 14.7. The molecular weight excluding hydrogens is 318 g/mol. The molecule has 2 bridgehead atoms. The lowest BCUT2D eigenvalue weighted by molar-refractivity contribution is -0.177. The molecule has 0 unspecified atom stereocenters. The van der Waals surface area contributed by atoms with Gasteiger partial charge in [0.2, 0.25) is 0 Å². The van der Waals surface area contributed by atoms with Crippen molar-refractivity contribution in [3.63, 3.8) is 0 Å². The van der Waals surface area contributed by atoms with E-state index in [0.29, 0.717) is 9.40 Å². The normalized spacial score (nSPS) is 32.9. The second-order valence-corrected chi connectivity index (χ2v) is 6.67. The van der Waals surface area contributed by atoms with Crippen molar-refractivity contribution < 1.29 is 24.0 Å². The van der Waals surface area contributed by atoms with Crippen LogP contribution in [0.3, 0.4) is 0 Å². The molecule has 2 amide bonds. The van der Waals surface area contributed by atoms with E-state index in [1.54, 1.807) is 18.2 Å². The van der Waals surface area contributed by atoms with Crippen molar-refractivity contribution in [2.24, 2.45) is 11.8 Å². The Labute approximate surface area is 127 Å². The number of ether oxygens (including phenoxy) is 1. The standard InChI is InChI=1S/C13H8ClNO5S/c14-8-4-3-7(21-8)13(18)20-15-11(16)9-5-1-2-6(19-5)10(9)12(15)17/h1-6,9-10H/t5-,6-,9-,10+/m1/s1. The molecule has 0 radical (unpaired) electrons. The van der Waals surface area contributed by atoms with Crippen molar-refractivity contribution in [2.45, 2.75) is 12.2 Å². The highest BCUT2D eigenvalue weighted by Gasteiger charge is 2.62. The van der Waals surface area contributed by atoms with Crippen LogP contribution in [0.5, 0.6) is 0 Å². The number of hydrogen-bond acceptors (Lipinski definition) is 6. The maximum absolute atomic E-state index is 12.3. The SMILES string of the molecule is O=C(ON1C(=O)[C@@H]2[C@H](C1=O)[C@H]1C=C[C@H]2O1)c1ccc(Cl)s1. The number of nitrogens with zero attached hydrogens (tertiary/aromatic N) is 1. The number of imide groups is 1. The van der Waals surface area contributed by atoms with Gasteiger partial charge in [-0.2, -0.15) is 0 Å². The van der Waals surface area contributed by atoms with Gasteiger partial charge in [0.15, 0.2) is 0 Å². The molecule has 4 rings (SSSR count). The molecule has 1 aromatic heterocycles. The van der Waals surface area contributed by atoms with Crippen molar-refractivity contribution >= 4 is 40.7 Å². The van der Waals surface area contributed by atoms with Gasteiger partial charge in [-0.3, -0.25) is 9.59 Å². The molecule has 0 spiro atoms. The maximum Gasteiger partial charge on any atom is 0.373 e. The predicted octanol–water partition coefficient (Wildman–Crippen LogP) is 1.41. The Morgan fingerprint density at radius 3 is 2.33 bits per heavy atom. The summed E-state index contributed by atoms with van der Waals surface area (Å²) >= 11 is 6.76. The number of carbonyl (C=O) groups is 3. The average molecular weight is 326 g/mol. The van der Waals surface area contributed by atoms with Crippen LogP contribution >= 0.6 is 22.9 Å². The Hall–Kier alpha value is -1.70. The summed E-state index contributed by atoms with van der Waals surface area (Å²) < 4.78 is 5.91. The summed E-state index contributed by atoms with van der Waals surface area (Å²) in [6.07, 6.45) is 2.72. The number of amides is 2. The number of halogens is 1. The van der Waals surface area contributed by atoms with Crippen molar-refractivity contribution in [3.05, 3.63) is 33.5 Å². The van der Waals surface area contributed by atoms with Gasteiger partial charge in [-0.15, -0.1) is 16.4 Å². The molecular formula is C13H8ClNO5S. The zero-order valence-corrected chi connectivity index (χ0v) is 12.0. The lowest BCUT2D eigenvalue weighted by Gasteiger charge is -2.15. The summed E-state index contributed by atoms with van der Waals surface area (Å²) in [7, 11) is 0. The fourth-order valence-electron chi connectivity index (χ4n) is 2.92. The van der Waals surface area contributed by atoms with Crippen molar-refractivity contribution in [2.75, 3.05) is 0 Å². The molecule has 3 aliphatic rings. The summed E-state index contributed by atoms with van der Waals surface area (Å²) in [5.74, 6) is -3.01. The van der Waals surface area contributed by atoms with Crippen molar-refractivity contribution in [1.82, 2.24) is 5.06 Å². The van der Waals surface area contributed by atoms with Gasteiger partial charge in [0.05, 0.1) is 28.4 Å². The van der Waals surface area contributed by atoms with Crippen molar-refractivity contribution in [3.8, 4) is 0 Å². The van der Waals surface area contributed by atoms with Crippen LogP contribution in [0.25, 0.3) is 0 Å². The third-order valence-electron chi connectivity index (χ3n) is 3.82. The Kier molecular flexibility index (Phi) is 2.72. The third-order valence-corrected chi connectivity index (χ3v) is 5.03. The van der Waals surface area contributed by atoms with Gasteiger partial charge >= 0.3 is 5.97 Å². The quantitative estimate of drug-likeness (QED) is 0.607. The Morgan fingerprint density at radius 2 is 1.81 bits per heavy atom. The second-order valence-electron chi connectivity index (χ2n) is 4.96. The molecule has 4 atom stereocenters. The number of fused-ring (bicyclic) bond motifs is 5. The molecule has 0 saturated carbocycles. The van der Waals surface area contributed by atoms with Crippen LogP contribution in [0, 0.1) is 11.8 Å². The largest absolute Gasteiger partial charge is 0.373 e. The van der Waals surface area contributed by atoms with E-state index in [9.17, 15) is 14.4 Å². The molecule has 0 aromatic carbocycles. The first-order chi connectivity index (χ1) is 10.1. The molecule has 108 valence electrons. The van der Waals surface area contributed by atoms with Gasteiger partial charge in [0.1, 0.15) is 4.88 Å². The van der Waals surface area contributed by atoms with Crippen LogP contribution < -0.4 is 0 Å². The van der Waals surface area contributed by atoms with Crippen LogP contribution in [0.2, 0.25) is 4.34 Å². The molecule has 21 heavy (non-hydrogen) atoms. The average Bonchev–Trinajstić information content (AvgIpc) is 3.19. The monoisotopic (exact) mass is 325 g/mol. The molecule has 2 saturated heterocycles. The van der Waals surface area contributed by atoms with Gasteiger partial charge in [0.25, 0.3) is 11.8 Å². The van der Waals surface area contributed by atoms with E-state index >= 15 is 0 Å². The predicted molar refractivity (Wildman–Crippen MR) is 71.4 cm³/mol. The zero-order valence-electron chi connectivity index (χ0n) is 10.4. The minimum Gasteiger partial charge on any atom is -0.365 e. The highest BCUT2D eigenvalue weighted by molar-refractivity contribution is 7.17. The minimum atomic E-state index is -0.769. The summed E-state index contributed by atoms with van der Waals surface area (Å²) in [5.41, 5.74) is 0. The lowest BCUT2D eigenvalue weighted by atomic mass is 9.85. The fourth-order valence-corrected chi connectivity index (χ4v) is 3.83. The summed E-state index contributed by atoms with van der Waals surface area (Å²) in [6.45, 7) is 0. The fraction of sp³-hybridized carbons (Fsp3) is 0.308. The van der Waals surface area contributed by atoms with E-state index in [0.717, 1.165) is 11.3 Å². The minimum absolute atomic E-state index is 0.231. The van der Waals surface area contributed by atoms with Gasteiger partial charge in [-0.25, -0.2) is 4.79 Å². The number of hydrogen-bond donors (Lipinski definition) is 0. The van der Waals surface area contributed by atoms with Gasteiger partial charge < -0.3 is 9.57 Å². The molecule has 6 nitrogen and oxygen atoms in total. The van der Waals surface area contributed by atoms with E-state index in [1.165, 1.54) is 6.07 Å². The molecule has 2 fully saturated rings. The molecule has 8 heteroatoms. The third kappa shape index (κ3) is 1.78. The maximum atomic E-state index is 12.3. The molecule has 1 aromatic rings. The second kappa shape index (κ2) is 4.40. The Balaban J connectivity index is 1.56. The highest BCUT2D eigenvalue weighted by Crippen LogP contribution is 2.45.